The third-order valence-corrected chi connectivity index (χ3v) is 3.30. The van der Waals surface area contributed by atoms with Gasteiger partial charge in [-0.3, -0.25) is 0 Å². The average molecular weight is 277 g/mol. The van der Waals surface area contributed by atoms with E-state index in [9.17, 15) is 5.11 Å². The van der Waals surface area contributed by atoms with E-state index in [4.69, 9.17) is 16.3 Å². The standard InChI is InChI=1S/C16H17ClO2/c1-11-4-3-5-12(8-11)9-15(18)14-7-6-13(17)10-16(14)19-2/h3-8,10,15,18H,9H2,1-2H3. The number of halogens is 1. The summed E-state index contributed by atoms with van der Waals surface area (Å²) in [6, 6.07) is 13.4. The summed E-state index contributed by atoms with van der Waals surface area (Å²) in [5, 5.41) is 10.9. The molecule has 1 N–H and O–H groups in total. The van der Waals surface area contributed by atoms with Crippen LogP contribution in [-0.4, -0.2) is 12.2 Å². The van der Waals surface area contributed by atoms with Crippen molar-refractivity contribution in [2.45, 2.75) is 19.4 Å². The summed E-state index contributed by atoms with van der Waals surface area (Å²) in [4.78, 5) is 0. The molecule has 0 aromatic heterocycles. The second-order valence-corrected chi connectivity index (χ2v) is 5.03. The van der Waals surface area contributed by atoms with Gasteiger partial charge in [-0.2, -0.15) is 0 Å². The molecule has 0 heterocycles. The van der Waals surface area contributed by atoms with Crippen LogP contribution in [0.25, 0.3) is 0 Å². The zero-order valence-electron chi connectivity index (χ0n) is 11.1. The second-order valence-electron chi connectivity index (χ2n) is 4.60. The maximum atomic E-state index is 10.3. The van der Waals surface area contributed by atoms with E-state index >= 15 is 0 Å². The molecule has 100 valence electrons. The molecule has 0 aliphatic heterocycles. The Labute approximate surface area is 118 Å². The summed E-state index contributed by atoms with van der Waals surface area (Å²) < 4.78 is 5.26. The van der Waals surface area contributed by atoms with E-state index in [2.05, 4.69) is 6.07 Å². The van der Waals surface area contributed by atoms with Crippen LogP contribution in [0, 0.1) is 6.92 Å². The van der Waals surface area contributed by atoms with Crippen molar-refractivity contribution in [3.05, 3.63) is 64.2 Å². The van der Waals surface area contributed by atoms with Crippen LogP contribution in [-0.2, 0) is 6.42 Å². The van der Waals surface area contributed by atoms with Crippen LogP contribution in [0.15, 0.2) is 42.5 Å². The maximum absolute atomic E-state index is 10.3. The van der Waals surface area contributed by atoms with Crippen LogP contribution in [0.1, 0.15) is 22.8 Å². The van der Waals surface area contributed by atoms with Gasteiger partial charge in [-0.15, -0.1) is 0 Å². The highest BCUT2D eigenvalue weighted by Crippen LogP contribution is 2.30. The highest BCUT2D eigenvalue weighted by molar-refractivity contribution is 6.30. The first-order valence-electron chi connectivity index (χ1n) is 6.17. The largest absolute Gasteiger partial charge is 0.496 e. The Morgan fingerprint density at radius 3 is 2.68 bits per heavy atom. The maximum Gasteiger partial charge on any atom is 0.126 e. The quantitative estimate of drug-likeness (QED) is 0.917. The molecule has 0 bridgehead atoms. The summed E-state index contributed by atoms with van der Waals surface area (Å²) in [7, 11) is 1.58. The summed E-state index contributed by atoms with van der Waals surface area (Å²) in [5.41, 5.74) is 3.05. The van der Waals surface area contributed by atoms with Crippen molar-refractivity contribution >= 4 is 11.6 Å². The molecular formula is C16H17ClO2. The average Bonchev–Trinajstić information content (AvgIpc) is 2.38. The Balaban J connectivity index is 2.22. The van der Waals surface area contributed by atoms with Gasteiger partial charge in [0.1, 0.15) is 5.75 Å². The topological polar surface area (TPSA) is 29.5 Å². The molecule has 1 atom stereocenters. The van der Waals surface area contributed by atoms with Gasteiger partial charge >= 0.3 is 0 Å². The number of hydrogen-bond donors (Lipinski definition) is 1. The van der Waals surface area contributed by atoms with Gasteiger partial charge in [-0.1, -0.05) is 47.5 Å². The van der Waals surface area contributed by atoms with Gasteiger partial charge in [0, 0.05) is 17.0 Å². The molecule has 0 fully saturated rings. The third kappa shape index (κ3) is 3.49. The predicted molar refractivity (Wildman–Crippen MR) is 77.8 cm³/mol. The minimum atomic E-state index is -0.603. The highest BCUT2D eigenvalue weighted by Gasteiger charge is 2.14. The first-order chi connectivity index (χ1) is 9.10. The first kappa shape index (κ1) is 13.9. The van der Waals surface area contributed by atoms with Crippen LogP contribution >= 0.6 is 11.6 Å². The van der Waals surface area contributed by atoms with Crippen molar-refractivity contribution in [1.29, 1.82) is 0 Å². The molecule has 1 unspecified atom stereocenters. The summed E-state index contributed by atoms with van der Waals surface area (Å²) >= 11 is 5.92. The number of aryl methyl sites for hydroxylation is 1. The molecule has 0 saturated carbocycles. The smallest absolute Gasteiger partial charge is 0.126 e. The summed E-state index contributed by atoms with van der Waals surface area (Å²) in [6.45, 7) is 2.04. The number of aliphatic hydroxyl groups excluding tert-OH is 1. The monoisotopic (exact) mass is 276 g/mol. The molecule has 0 aliphatic rings. The van der Waals surface area contributed by atoms with Crippen LogP contribution < -0.4 is 4.74 Å². The van der Waals surface area contributed by atoms with Gasteiger partial charge in [-0.25, -0.2) is 0 Å². The van der Waals surface area contributed by atoms with Crippen molar-refractivity contribution < 1.29 is 9.84 Å². The molecular weight excluding hydrogens is 260 g/mol. The summed E-state index contributed by atoms with van der Waals surface area (Å²) in [5.74, 6) is 0.618. The molecule has 0 aliphatic carbocycles. The number of methoxy groups -OCH3 is 1. The van der Waals surface area contributed by atoms with Crippen LogP contribution in [0.2, 0.25) is 5.02 Å². The molecule has 0 spiro atoms. The molecule has 2 nitrogen and oxygen atoms in total. The Hall–Kier alpha value is -1.51. The number of ether oxygens (including phenoxy) is 1. The fraction of sp³-hybridized carbons (Fsp3) is 0.250. The lowest BCUT2D eigenvalue weighted by atomic mass is 9.99. The van der Waals surface area contributed by atoms with Gasteiger partial charge in [0.2, 0.25) is 0 Å². The van der Waals surface area contributed by atoms with Crippen LogP contribution in [0.5, 0.6) is 5.75 Å². The Morgan fingerprint density at radius 2 is 2.00 bits per heavy atom. The first-order valence-corrected chi connectivity index (χ1v) is 6.55. The highest BCUT2D eigenvalue weighted by atomic mass is 35.5. The number of benzene rings is 2. The molecule has 0 saturated heterocycles. The minimum absolute atomic E-state index is 0.555. The van der Waals surface area contributed by atoms with Gasteiger partial charge in [0.05, 0.1) is 13.2 Å². The molecule has 19 heavy (non-hydrogen) atoms. The van der Waals surface area contributed by atoms with E-state index in [1.54, 1.807) is 19.2 Å². The molecule has 0 amide bonds. The second kappa shape index (κ2) is 6.09. The number of hydrogen-bond acceptors (Lipinski definition) is 2. The lowest BCUT2D eigenvalue weighted by Gasteiger charge is -2.15. The zero-order valence-corrected chi connectivity index (χ0v) is 11.8. The van der Waals surface area contributed by atoms with Crippen molar-refractivity contribution in [3.63, 3.8) is 0 Å². The van der Waals surface area contributed by atoms with Gasteiger partial charge in [0.15, 0.2) is 0 Å². The van der Waals surface area contributed by atoms with E-state index < -0.39 is 6.10 Å². The normalized spacial score (nSPS) is 12.2. The van der Waals surface area contributed by atoms with Crippen molar-refractivity contribution in [3.8, 4) is 5.75 Å². The third-order valence-electron chi connectivity index (χ3n) is 3.07. The zero-order chi connectivity index (χ0) is 13.8. The van der Waals surface area contributed by atoms with Crippen molar-refractivity contribution in [2.75, 3.05) is 7.11 Å². The SMILES string of the molecule is COc1cc(Cl)ccc1C(O)Cc1cccc(C)c1. The lowest BCUT2D eigenvalue weighted by molar-refractivity contribution is 0.174. The van der Waals surface area contributed by atoms with Gasteiger partial charge < -0.3 is 9.84 Å². The van der Waals surface area contributed by atoms with E-state index in [1.165, 1.54) is 5.56 Å². The lowest BCUT2D eigenvalue weighted by Crippen LogP contribution is -2.04. The number of aliphatic hydroxyl groups is 1. The fourth-order valence-corrected chi connectivity index (χ4v) is 2.29. The van der Waals surface area contributed by atoms with E-state index in [0.717, 1.165) is 11.1 Å². The van der Waals surface area contributed by atoms with E-state index in [0.29, 0.717) is 17.2 Å². The van der Waals surface area contributed by atoms with E-state index in [1.807, 2.05) is 31.2 Å². The van der Waals surface area contributed by atoms with Gasteiger partial charge in [-0.05, 0) is 24.6 Å². The van der Waals surface area contributed by atoms with Gasteiger partial charge in [0.25, 0.3) is 0 Å². The Morgan fingerprint density at radius 1 is 1.21 bits per heavy atom. The molecule has 0 radical (unpaired) electrons. The van der Waals surface area contributed by atoms with Crippen molar-refractivity contribution in [1.82, 2.24) is 0 Å². The fourth-order valence-electron chi connectivity index (χ4n) is 2.13. The molecule has 3 heteroatoms. The van der Waals surface area contributed by atoms with Crippen LogP contribution in [0.3, 0.4) is 0 Å². The predicted octanol–water partition coefficient (Wildman–Crippen LogP) is 3.93. The molecule has 2 aromatic rings. The Bertz CT molecular complexity index is 566. The molecule has 2 aromatic carbocycles. The van der Waals surface area contributed by atoms with E-state index in [-0.39, 0.29) is 0 Å². The van der Waals surface area contributed by atoms with Crippen LogP contribution in [0.4, 0.5) is 0 Å². The minimum Gasteiger partial charge on any atom is -0.496 e. The Kier molecular flexibility index (Phi) is 4.46. The summed E-state index contributed by atoms with van der Waals surface area (Å²) in [6.07, 6.45) is -0.0475. The molecule has 2 rings (SSSR count). The number of rotatable bonds is 4. The van der Waals surface area contributed by atoms with Crippen molar-refractivity contribution in [2.24, 2.45) is 0 Å².